The Morgan fingerprint density at radius 1 is 1.48 bits per heavy atom. The number of hydrogen-bond acceptors (Lipinski definition) is 7. The van der Waals surface area contributed by atoms with Crippen molar-refractivity contribution in [1.29, 1.82) is 0 Å². The van der Waals surface area contributed by atoms with Crippen LogP contribution in [0.4, 0.5) is 0 Å². The van der Waals surface area contributed by atoms with Crippen molar-refractivity contribution in [2.45, 2.75) is 39.2 Å². The largest absolute Gasteiger partial charge is 0.362 e. The van der Waals surface area contributed by atoms with Gasteiger partial charge >= 0.3 is 0 Å². The SMILES string of the molecule is Cc1csc([C@@H]2CCCN(C(=O)COCc3nc(C)no3)C2)n1. The Morgan fingerprint density at radius 2 is 2.35 bits per heavy atom. The number of ether oxygens (including phenoxy) is 1. The van der Waals surface area contributed by atoms with E-state index in [0.717, 1.165) is 36.6 Å². The molecule has 1 aliphatic heterocycles. The molecule has 0 aromatic carbocycles. The first-order valence-electron chi connectivity index (χ1n) is 7.68. The second-order valence-electron chi connectivity index (χ2n) is 5.73. The molecule has 1 aliphatic rings. The third kappa shape index (κ3) is 4.14. The van der Waals surface area contributed by atoms with Gasteiger partial charge in [0.2, 0.25) is 5.91 Å². The zero-order valence-corrected chi connectivity index (χ0v) is 14.1. The zero-order chi connectivity index (χ0) is 16.2. The highest BCUT2D eigenvalue weighted by Crippen LogP contribution is 2.29. The van der Waals surface area contributed by atoms with E-state index in [1.165, 1.54) is 0 Å². The molecule has 2 aromatic heterocycles. The summed E-state index contributed by atoms with van der Waals surface area (Å²) in [5.74, 6) is 1.29. The van der Waals surface area contributed by atoms with Gasteiger partial charge in [-0.2, -0.15) is 4.98 Å². The van der Waals surface area contributed by atoms with Gasteiger partial charge in [0.25, 0.3) is 5.89 Å². The molecule has 0 spiro atoms. The number of carbonyl (C=O) groups is 1. The van der Waals surface area contributed by atoms with Crippen LogP contribution in [0.5, 0.6) is 0 Å². The summed E-state index contributed by atoms with van der Waals surface area (Å²) in [7, 11) is 0. The van der Waals surface area contributed by atoms with Gasteiger partial charge < -0.3 is 14.2 Å². The average molecular weight is 336 g/mol. The number of hydrogen-bond donors (Lipinski definition) is 0. The molecule has 7 nitrogen and oxygen atoms in total. The van der Waals surface area contributed by atoms with Gasteiger partial charge in [0.15, 0.2) is 5.82 Å². The Labute approximate surface area is 138 Å². The summed E-state index contributed by atoms with van der Waals surface area (Å²) in [4.78, 5) is 22.8. The lowest BCUT2D eigenvalue weighted by molar-refractivity contribution is -0.138. The molecule has 23 heavy (non-hydrogen) atoms. The van der Waals surface area contributed by atoms with Crippen LogP contribution in [0.3, 0.4) is 0 Å². The molecule has 2 aromatic rings. The number of rotatable bonds is 5. The number of amides is 1. The first-order chi connectivity index (χ1) is 11.1. The molecule has 1 saturated heterocycles. The molecular formula is C15H20N4O3S. The van der Waals surface area contributed by atoms with Crippen molar-refractivity contribution < 1.29 is 14.1 Å². The molecule has 1 atom stereocenters. The number of piperidine rings is 1. The van der Waals surface area contributed by atoms with E-state index in [-0.39, 0.29) is 19.1 Å². The molecule has 124 valence electrons. The number of carbonyl (C=O) groups excluding carboxylic acids is 1. The van der Waals surface area contributed by atoms with Crippen LogP contribution in [-0.2, 0) is 16.1 Å². The van der Waals surface area contributed by atoms with E-state index in [4.69, 9.17) is 9.26 Å². The summed E-state index contributed by atoms with van der Waals surface area (Å²) in [6.07, 6.45) is 2.08. The Balaban J connectivity index is 1.48. The number of thiazole rings is 1. The molecule has 0 N–H and O–H groups in total. The standard InChI is InChI=1S/C15H20N4O3S/c1-10-9-23-15(16-10)12-4-3-5-19(6-12)14(20)8-21-7-13-17-11(2)18-22-13/h9,12H,3-8H2,1-2H3/t12-/m1/s1. The van der Waals surface area contributed by atoms with E-state index in [0.29, 0.717) is 17.6 Å². The van der Waals surface area contributed by atoms with E-state index in [1.54, 1.807) is 18.3 Å². The summed E-state index contributed by atoms with van der Waals surface area (Å²) >= 11 is 1.68. The van der Waals surface area contributed by atoms with Crippen LogP contribution < -0.4 is 0 Å². The normalized spacial score (nSPS) is 18.3. The predicted molar refractivity (Wildman–Crippen MR) is 84.1 cm³/mol. The van der Waals surface area contributed by atoms with Crippen LogP contribution in [0.1, 0.15) is 41.2 Å². The highest BCUT2D eigenvalue weighted by molar-refractivity contribution is 7.09. The number of aromatic nitrogens is 3. The highest BCUT2D eigenvalue weighted by Gasteiger charge is 2.26. The fraction of sp³-hybridized carbons (Fsp3) is 0.600. The Hall–Kier alpha value is -1.80. The summed E-state index contributed by atoms with van der Waals surface area (Å²) < 4.78 is 10.3. The zero-order valence-electron chi connectivity index (χ0n) is 13.3. The van der Waals surface area contributed by atoms with Gasteiger partial charge in [-0.05, 0) is 26.7 Å². The Morgan fingerprint density at radius 3 is 3.04 bits per heavy atom. The van der Waals surface area contributed by atoms with E-state index in [1.807, 2.05) is 11.8 Å². The van der Waals surface area contributed by atoms with Crippen LogP contribution in [-0.4, -0.2) is 45.6 Å². The summed E-state index contributed by atoms with van der Waals surface area (Å²) in [6, 6.07) is 0. The smallest absolute Gasteiger partial charge is 0.252 e. The molecule has 1 amide bonds. The van der Waals surface area contributed by atoms with Gasteiger partial charge in [0.05, 0.1) is 5.01 Å². The van der Waals surface area contributed by atoms with Crippen molar-refractivity contribution in [3.05, 3.63) is 27.8 Å². The molecule has 8 heteroatoms. The van der Waals surface area contributed by atoms with Crippen LogP contribution in [0.25, 0.3) is 0 Å². The van der Waals surface area contributed by atoms with E-state index in [9.17, 15) is 4.79 Å². The Bertz CT molecular complexity index is 669. The molecule has 0 radical (unpaired) electrons. The molecule has 0 bridgehead atoms. The van der Waals surface area contributed by atoms with Crippen molar-refractivity contribution in [1.82, 2.24) is 20.0 Å². The van der Waals surface area contributed by atoms with Crippen molar-refractivity contribution >= 4 is 17.2 Å². The molecule has 0 aliphatic carbocycles. The van der Waals surface area contributed by atoms with Gasteiger partial charge in [-0.3, -0.25) is 4.79 Å². The molecule has 3 rings (SSSR count). The molecule has 0 saturated carbocycles. The van der Waals surface area contributed by atoms with Crippen molar-refractivity contribution in [3.63, 3.8) is 0 Å². The number of likely N-dealkylation sites (tertiary alicyclic amines) is 1. The molecule has 0 unspecified atom stereocenters. The van der Waals surface area contributed by atoms with E-state index >= 15 is 0 Å². The second-order valence-corrected chi connectivity index (χ2v) is 6.62. The third-order valence-corrected chi connectivity index (χ3v) is 4.91. The van der Waals surface area contributed by atoms with Gasteiger partial charge in [-0.1, -0.05) is 5.16 Å². The third-order valence-electron chi connectivity index (χ3n) is 3.78. The maximum absolute atomic E-state index is 12.3. The number of aryl methyl sites for hydroxylation is 2. The molecule has 3 heterocycles. The molecular weight excluding hydrogens is 316 g/mol. The lowest BCUT2D eigenvalue weighted by Gasteiger charge is -2.31. The first-order valence-corrected chi connectivity index (χ1v) is 8.56. The van der Waals surface area contributed by atoms with Crippen LogP contribution in [0, 0.1) is 13.8 Å². The summed E-state index contributed by atoms with van der Waals surface area (Å²) in [6.45, 7) is 5.43. The summed E-state index contributed by atoms with van der Waals surface area (Å²) in [5.41, 5.74) is 1.05. The van der Waals surface area contributed by atoms with Crippen molar-refractivity contribution in [3.8, 4) is 0 Å². The lowest BCUT2D eigenvalue weighted by atomic mass is 9.99. The fourth-order valence-corrected chi connectivity index (χ4v) is 3.61. The maximum Gasteiger partial charge on any atom is 0.252 e. The van der Waals surface area contributed by atoms with Crippen LogP contribution in [0.2, 0.25) is 0 Å². The average Bonchev–Trinajstić information content (AvgIpc) is 3.16. The predicted octanol–water partition coefficient (Wildman–Crippen LogP) is 2.07. The topological polar surface area (TPSA) is 81.4 Å². The molecule has 1 fully saturated rings. The van der Waals surface area contributed by atoms with Crippen LogP contribution >= 0.6 is 11.3 Å². The second kappa shape index (κ2) is 7.18. The maximum atomic E-state index is 12.3. The number of nitrogens with zero attached hydrogens (tertiary/aromatic N) is 4. The minimum absolute atomic E-state index is 0.000727. The lowest BCUT2D eigenvalue weighted by Crippen LogP contribution is -2.41. The minimum atomic E-state index is -0.000727. The first kappa shape index (κ1) is 16.1. The van der Waals surface area contributed by atoms with Gasteiger partial charge in [-0.25, -0.2) is 4.98 Å². The minimum Gasteiger partial charge on any atom is -0.362 e. The van der Waals surface area contributed by atoms with Crippen molar-refractivity contribution in [2.75, 3.05) is 19.7 Å². The van der Waals surface area contributed by atoms with E-state index < -0.39 is 0 Å². The fourth-order valence-electron chi connectivity index (χ4n) is 2.68. The van der Waals surface area contributed by atoms with Gasteiger partial charge in [0, 0.05) is 30.1 Å². The van der Waals surface area contributed by atoms with Gasteiger partial charge in [-0.15, -0.1) is 11.3 Å². The summed E-state index contributed by atoms with van der Waals surface area (Å²) in [5, 5.41) is 6.87. The van der Waals surface area contributed by atoms with E-state index in [2.05, 4.69) is 20.5 Å². The highest BCUT2D eigenvalue weighted by atomic mass is 32.1. The monoisotopic (exact) mass is 336 g/mol. The van der Waals surface area contributed by atoms with Gasteiger partial charge in [0.1, 0.15) is 13.2 Å². The van der Waals surface area contributed by atoms with Crippen LogP contribution in [0.15, 0.2) is 9.90 Å². The van der Waals surface area contributed by atoms with Crippen molar-refractivity contribution in [2.24, 2.45) is 0 Å². The quantitative estimate of drug-likeness (QED) is 0.831. The Kier molecular flexibility index (Phi) is 5.02.